The molecule has 1 aliphatic carbocycles. The Morgan fingerprint density at radius 1 is 1.21 bits per heavy atom. The van der Waals surface area contributed by atoms with Crippen molar-refractivity contribution in [3.05, 3.63) is 30.5 Å². The molecule has 1 aromatic heterocycles. The molecule has 0 spiro atoms. The Hall–Kier alpha value is -1.81. The molecule has 1 aromatic carbocycles. The lowest BCUT2D eigenvalue weighted by Crippen LogP contribution is -2.26. The van der Waals surface area contributed by atoms with Gasteiger partial charge in [-0.05, 0) is 37.8 Å². The predicted octanol–water partition coefficient (Wildman–Crippen LogP) is 2.50. The van der Waals surface area contributed by atoms with Crippen LogP contribution in [0.15, 0.2) is 30.5 Å². The molecule has 0 aliphatic heterocycles. The van der Waals surface area contributed by atoms with Gasteiger partial charge in [0, 0.05) is 17.6 Å². The average molecular weight is 258 g/mol. The normalized spacial score (nSPS) is 23.4. The van der Waals surface area contributed by atoms with Crippen molar-refractivity contribution in [1.29, 1.82) is 0 Å². The number of anilines is 1. The van der Waals surface area contributed by atoms with Crippen LogP contribution in [-0.2, 0) is 0 Å². The van der Waals surface area contributed by atoms with Crippen LogP contribution < -0.4 is 10.5 Å². The maximum Gasteiger partial charge on any atom is 0.144 e. The molecule has 0 amide bonds. The number of benzene rings is 1. The molecule has 1 fully saturated rings. The number of rotatable bonds is 2. The SMILES string of the molecule is Nc1cc2cccnc2cc1OC1CCC(O)CC1. The number of hydrogen-bond donors (Lipinski definition) is 2. The van der Waals surface area contributed by atoms with Crippen molar-refractivity contribution >= 4 is 16.6 Å². The molecule has 2 aromatic rings. The van der Waals surface area contributed by atoms with E-state index in [1.165, 1.54) is 0 Å². The van der Waals surface area contributed by atoms with Crippen molar-refractivity contribution in [3.63, 3.8) is 0 Å². The highest BCUT2D eigenvalue weighted by Gasteiger charge is 2.21. The van der Waals surface area contributed by atoms with Gasteiger partial charge in [-0.25, -0.2) is 0 Å². The number of nitrogens with two attached hydrogens (primary N) is 1. The summed E-state index contributed by atoms with van der Waals surface area (Å²) in [6, 6.07) is 7.68. The summed E-state index contributed by atoms with van der Waals surface area (Å²) in [6.07, 6.45) is 5.09. The Bertz CT molecular complexity index is 577. The molecule has 0 atom stereocenters. The number of ether oxygens (including phenoxy) is 1. The first kappa shape index (κ1) is 12.2. The van der Waals surface area contributed by atoms with E-state index < -0.39 is 0 Å². The van der Waals surface area contributed by atoms with Crippen molar-refractivity contribution in [2.75, 3.05) is 5.73 Å². The van der Waals surface area contributed by atoms with Gasteiger partial charge in [0.1, 0.15) is 5.75 Å². The van der Waals surface area contributed by atoms with Crippen LogP contribution in [0.25, 0.3) is 10.9 Å². The molecule has 1 aliphatic rings. The number of fused-ring (bicyclic) bond motifs is 1. The smallest absolute Gasteiger partial charge is 0.144 e. The molecule has 100 valence electrons. The minimum Gasteiger partial charge on any atom is -0.488 e. The molecular formula is C15H18N2O2. The summed E-state index contributed by atoms with van der Waals surface area (Å²) < 4.78 is 5.97. The summed E-state index contributed by atoms with van der Waals surface area (Å²) in [6.45, 7) is 0. The number of nitrogens with zero attached hydrogens (tertiary/aromatic N) is 1. The fourth-order valence-corrected chi connectivity index (χ4v) is 2.56. The van der Waals surface area contributed by atoms with Crippen molar-refractivity contribution in [3.8, 4) is 5.75 Å². The first-order valence-electron chi connectivity index (χ1n) is 6.71. The Balaban J connectivity index is 1.82. The predicted molar refractivity (Wildman–Crippen MR) is 75.0 cm³/mol. The minimum absolute atomic E-state index is 0.145. The van der Waals surface area contributed by atoms with Crippen molar-refractivity contribution in [1.82, 2.24) is 4.98 Å². The zero-order valence-corrected chi connectivity index (χ0v) is 10.7. The maximum atomic E-state index is 9.50. The summed E-state index contributed by atoms with van der Waals surface area (Å²) in [5, 5.41) is 10.5. The lowest BCUT2D eigenvalue weighted by atomic mass is 9.95. The van der Waals surface area contributed by atoms with Gasteiger partial charge in [0.05, 0.1) is 23.4 Å². The van der Waals surface area contributed by atoms with Crippen LogP contribution in [0.3, 0.4) is 0 Å². The second kappa shape index (κ2) is 5.05. The summed E-state index contributed by atoms with van der Waals surface area (Å²) >= 11 is 0. The van der Waals surface area contributed by atoms with Gasteiger partial charge in [-0.3, -0.25) is 4.98 Å². The van der Waals surface area contributed by atoms with Crippen LogP contribution in [-0.4, -0.2) is 22.3 Å². The third kappa shape index (κ3) is 2.63. The first-order chi connectivity index (χ1) is 9.22. The average Bonchev–Trinajstić information content (AvgIpc) is 2.42. The third-order valence-electron chi connectivity index (χ3n) is 3.67. The largest absolute Gasteiger partial charge is 0.488 e. The topological polar surface area (TPSA) is 68.4 Å². The highest BCUT2D eigenvalue weighted by Crippen LogP contribution is 2.30. The molecule has 4 nitrogen and oxygen atoms in total. The van der Waals surface area contributed by atoms with Crippen LogP contribution in [0.5, 0.6) is 5.75 Å². The quantitative estimate of drug-likeness (QED) is 0.812. The lowest BCUT2D eigenvalue weighted by molar-refractivity contribution is 0.0670. The number of pyridine rings is 1. The molecule has 4 heteroatoms. The Morgan fingerprint density at radius 2 is 2.00 bits per heavy atom. The van der Waals surface area contributed by atoms with Gasteiger partial charge in [0.25, 0.3) is 0 Å². The van der Waals surface area contributed by atoms with E-state index in [9.17, 15) is 5.11 Å². The van der Waals surface area contributed by atoms with E-state index in [0.717, 1.165) is 36.6 Å². The van der Waals surface area contributed by atoms with E-state index >= 15 is 0 Å². The van der Waals surface area contributed by atoms with Gasteiger partial charge < -0.3 is 15.6 Å². The second-order valence-corrected chi connectivity index (χ2v) is 5.13. The number of aliphatic hydroxyl groups is 1. The molecule has 1 saturated carbocycles. The van der Waals surface area contributed by atoms with Crippen LogP contribution in [0.4, 0.5) is 5.69 Å². The first-order valence-corrected chi connectivity index (χ1v) is 6.71. The molecule has 0 radical (unpaired) electrons. The summed E-state index contributed by atoms with van der Waals surface area (Å²) in [5.41, 5.74) is 7.57. The van der Waals surface area contributed by atoms with Crippen LogP contribution in [0.2, 0.25) is 0 Å². The second-order valence-electron chi connectivity index (χ2n) is 5.13. The van der Waals surface area contributed by atoms with Gasteiger partial charge in [-0.1, -0.05) is 6.07 Å². The highest BCUT2D eigenvalue weighted by atomic mass is 16.5. The zero-order valence-electron chi connectivity index (χ0n) is 10.7. The standard InChI is InChI=1S/C15H18N2O2/c16-13-8-10-2-1-7-17-14(10)9-15(13)19-12-5-3-11(18)4-6-12/h1-2,7-9,11-12,18H,3-6,16H2. The fraction of sp³-hybridized carbons (Fsp3) is 0.400. The molecule has 0 unspecified atom stereocenters. The Kier molecular flexibility index (Phi) is 3.25. The van der Waals surface area contributed by atoms with Gasteiger partial charge >= 0.3 is 0 Å². The Morgan fingerprint density at radius 3 is 2.79 bits per heavy atom. The van der Waals surface area contributed by atoms with Crippen molar-refractivity contribution in [2.45, 2.75) is 37.9 Å². The van der Waals surface area contributed by atoms with Gasteiger partial charge in [0.15, 0.2) is 0 Å². The molecule has 3 N–H and O–H groups in total. The van der Waals surface area contributed by atoms with E-state index in [1.54, 1.807) is 6.20 Å². The zero-order chi connectivity index (χ0) is 13.2. The monoisotopic (exact) mass is 258 g/mol. The van der Waals surface area contributed by atoms with Crippen LogP contribution >= 0.6 is 0 Å². The fourth-order valence-electron chi connectivity index (χ4n) is 2.56. The summed E-state index contributed by atoms with van der Waals surface area (Å²) in [5.74, 6) is 0.701. The Labute approximate surface area is 112 Å². The number of nitrogen functional groups attached to an aromatic ring is 1. The summed E-state index contributed by atoms with van der Waals surface area (Å²) in [7, 11) is 0. The van der Waals surface area contributed by atoms with E-state index in [1.807, 2.05) is 24.3 Å². The number of aliphatic hydroxyl groups excluding tert-OH is 1. The van der Waals surface area contributed by atoms with Gasteiger partial charge in [0.2, 0.25) is 0 Å². The molecule has 0 bridgehead atoms. The van der Waals surface area contributed by atoms with E-state index in [0.29, 0.717) is 11.4 Å². The minimum atomic E-state index is -0.171. The summed E-state index contributed by atoms with van der Waals surface area (Å²) in [4.78, 5) is 4.31. The molecule has 3 rings (SSSR count). The maximum absolute atomic E-state index is 9.50. The molecule has 1 heterocycles. The van der Waals surface area contributed by atoms with Crippen LogP contribution in [0, 0.1) is 0 Å². The van der Waals surface area contributed by atoms with Gasteiger partial charge in [-0.2, -0.15) is 0 Å². The number of aromatic nitrogens is 1. The van der Waals surface area contributed by atoms with E-state index in [-0.39, 0.29) is 12.2 Å². The number of hydrogen-bond acceptors (Lipinski definition) is 4. The molecule has 0 saturated heterocycles. The van der Waals surface area contributed by atoms with Crippen molar-refractivity contribution in [2.24, 2.45) is 0 Å². The molecule has 19 heavy (non-hydrogen) atoms. The van der Waals surface area contributed by atoms with Crippen molar-refractivity contribution < 1.29 is 9.84 Å². The van der Waals surface area contributed by atoms with E-state index in [2.05, 4.69) is 4.98 Å². The van der Waals surface area contributed by atoms with Gasteiger partial charge in [-0.15, -0.1) is 0 Å². The third-order valence-corrected chi connectivity index (χ3v) is 3.67. The molecular weight excluding hydrogens is 240 g/mol. The lowest BCUT2D eigenvalue weighted by Gasteiger charge is -2.26. The van der Waals surface area contributed by atoms with E-state index in [4.69, 9.17) is 10.5 Å². The van der Waals surface area contributed by atoms with Crippen LogP contribution in [0.1, 0.15) is 25.7 Å². The highest BCUT2D eigenvalue weighted by molar-refractivity contribution is 5.84.